The van der Waals surface area contributed by atoms with Crippen molar-refractivity contribution in [3.63, 3.8) is 0 Å². The summed E-state index contributed by atoms with van der Waals surface area (Å²) >= 11 is 0.237. The van der Waals surface area contributed by atoms with Crippen LogP contribution in [0.15, 0.2) is 48.5 Å². The second-order valence-corrected chi connectivity index (χ2v) is 9.28. The zero-order valence-electron chi connectivity index (χ0n) is 16.8. The molecule has 2 heteroatoms. The Labute approximate surface area is 172 Å². The molecule has 2 aromatic carbocycles. The van der Waals surface area contributed by atoms with Gasteiger partial charge in [0.2, 0.25) is 0 Å². The molecule has 0 atom stereocenters. The molecule has 0 radical (unpaired) electrons. The van der Waals surface area contributed by atoms with E-state index in [-0.39, 0.29) is 15.0 Å². The Bertz CT molecular complexity index is 667. The molecule has 0 amide bonds. The van der Waals surface area contributed by atoms with E-state index < -0.39 is 0 Å². The van der Waals surface area contributed by atoms with E-state index in [0.717, 1.165) is 5.32 Å². The minimum absolute atomic E-state index is 0.237. The monoisotopic (exact) mass is 427 g/mol. The van der Waals surface area contributed by atoms with E-state index in [2.05, 4.69) is 60.4 Å². The molecule has 0 saturated heterocycles. The molecule has 0 aliphatic rings. The molecule has 144 valence electrons. The van der Waals surface area contributed by atoms with E-state index in [1.54, 1.807) is 0 Å². The van der Waals surface area contributed by atoms with Gasteiger partial charge in [-0.3, -0.25) is 0 Å². The minimum atomic E-state index is 0.237. The Hall–Kier alpha value is -1.55. The summed E-state index contributed by atoms with van der Waals surface area (Å²) < 4.78 is 0. The zero-order chi connectivity index (χ0) is 19.2. The van der Waals surface area contributed by atoms with Gasteiger partial charge in [0.05, 0.1) is 0 Å². The first-order chi connectivity index (χ1) is 13.3. The van der Waals surface area contributed by atoms with Gasteiger partial charge >= 0.3 is 100 Å². The molecule has 0 fully saturated rings. The second kappa shape index (κ2) is 13.6. The smallest absolute Gasteiger partial charge is 0.0541 e. The topological polar surface area (TPSA) is 23.8 Å². The predicted octanol–water partition coefficient (Wildman–Crippen LogP) is 7.32. The Kier molecular flexibility index (Phi) is 10.9. The first-order valence-electron chi connectivity index (χ1n) is 10.5. The summed E-state index contributed by atoms with van der Waals surface area (Å²) in [6.07, 6.45) is 13.3. The number of aryl methyl sites for hydroxylation is 2. The summed E-state index contributed by atoms with van der Waals surface area (Å²) in [4.78, 5) is 2.28. The van der Waals surface area contributed by atoms with Crippen molar-refractivity contribution in [2.75, 3.05) is 0 Å². The van der Waals surface area contributed by atoms with Gasteiger partial charge < -0.3 is 0 Å². The maximum atomic E-state index is 8.53. The van der Waals surface area contributed by atoms with Gasteiger partial charge in [0.1, 0.15) is 0 Å². The molecule has 0 heterocycles. The normalized spacial score (nSPS) is 10.7. The van der Waals surface area contributed by atoms with Gasteiger partial charge in [-0.2, -0.15) is 0 Å². The standard InChI is InChI=1S/C25H33NSe/c1-22-12-16-24(17-13-22)25-18-14-23(15-19-25)11-9-7-5-3-2-4-6-8-10-20-27-21-26/h12-19H,2-11,20H2,1H3. The number of nitriles is 1. The van der Waals surface area contributed by atoms with Crippen molar-refractivity contribution in [1.82, 2.24) is 0 Å². The second-order valence-electron chi connectivity index (χ2n) is 7.43. The van der Waals surface area contributed by atoms with Crippen LogP contribution < -0.4 is 0 Å². The number of hydrogen-bond donors (Lipinski definition) is 0. The number of hydrogen-bond acceptors (Lipinski definition) is 1. The predicted molar refractivity (Wildman–Crippen MR) is 118 cm³/mol. The van der Waals surface area contributed by atoms with E-state index in [0.29, 0.717) is 0 Å². The van der Waals surface area contributed by atoms with Crippen molar-refractivity contribution in [3.8, 4) is 16.1 Å². The molecule has 0 unspecified atom stereocenters. The molecule has 27 heavy (non-hydrogen) atoms. The van der Waals surface area contributed by atoms with Crippen LogP contribution in [0.4, 0.5) is 0 Å². The van der Waals surface area contributed by atoms with Crippen LogP contribution in [0.1, 0.15) is 68.9 Å². The Balaban J connectivity index is 1.51. The molecule has 0 N–H and O–H groups in total. The van der Waals surface area contributed by atoms with Crippen LogP contribution in [0.3, 0.4) is 0 Å². The molecule has 0 spiro atoms. The average molecular weight is 427 g/mol. The average Bonchev–Trinajstić information content (AvgIpc) is 2.70. The summed E-state index contributed by atoms with van der Waals surface area (Å²) in [6, 6.07) is 17.9. The van der Waals surface area contributed by atoms with Gasteiger partial charge in [0, 0.05) is 0 Å². The molecular formula is C25H33NSe. The van der Waals surface area contributed by atoms with Gasteiger partial charge in [-0.05, 0) is 18.1 Å². The summed E-state index contributed by atoms with van der Waals surface area (Å²) in [5.41, 5.74) is 5.39. The Morgan fingerprint density at radius 2 is 1.15 bits per heavy atom. The summed E-state index contributed by atoms with van der Waals surface area (Å²) in [5, 5.41) is 9.68. The van der Waals surface area contributed by atoms with Crippen LogP contribution in [0.5, 0.6) is 0 Å². The third-order valence-electron chi connectivity index (χ3n) is 5.12. The maximum absolute atomic E-state index is 8.53. The third kappa shape index (κ3) is 9.27. The van der Waals surface area contributed by atoms with Crippen LogP contribution in [-0.4, -0.2) is 15.0 Å². The van der Waals surface area contributed by atoms with Crippen LogP contribution >= 0.6 is 0 Å². The van der Waals surface area contributed by atoms with E-state index in [9.17, 15) is 0 Å². The molecule has 0 saturated carbocycles. The summed E-state index contributed by atoms with van der Waals surface area (Å²) in [6.45, 7) is 2.13. The van der Waals surface area contributed by atoms with Crippen LogP contribution in [-0.2, 0) is 6.42 Å². The quantitative estimate of drug-likeness (QED) is 0.243. The Morgan fingerprint density at radius 3 is 1.70 bits per heavy atom. The molecule has 0 aromatic heterocycles. The van der Waals surface area contributed by atoms with E-state index in [1.807, 2.05) is 0 Å². The van der Waals surface area contributed by atoms with Crippen molar-refractivity contribution >= 4 is 15.0 Å². The van der Waals surface area contributed by atoms with Crippen molar-refractivity contribution in [1.29, 1.82) is 5.26 Å². The molecular weight excluding hydrogens is 393 g/mol. The number of rotatable bonds is 13. The molecule has 2 rings (SSSR count). The summed E-state index contributed by atoms with van der Waals surface area (Å²) in [7, 11) is 0. The molecule has 0 aliphatic heterocycles. The molecule has 1 nitrogen and oxygen atoms in total. The van der Waals surface area contributed by atoms with E-state index in [1.165, 1.54) is 86.5 Å². The largest absolute Gasteiger partial charge is 0.0587 e. The zero-order valence-corrected chi connectivity index (χ0v) is 18.5. The van der Waals surface area contributed by atoms with Crippen molar-refractivity contribution in [2.24, 2.45) is 0 Å². The number of nitrogens with zero attached hydrogens (tertiary/aromatic N) is 1. The van der Waals surface area contributed by atoms with Gasteiger partial charge in [0.25, 0.3) is 0 Å². The number of unbranched alkanes of at least 4 members (excludes halogenated alkanes) is 8. The van der Waals surface area contributed by atoms with Gasteiger partial charge in [0.15, 0.2) is 0 Å². The third-order valence-corrected chi connectivity index (χ3v) is 6.42. The SMILES string of the molecule is Cc1ccc(-c2ccc(CCCCCCCCCCC[Se]C#N)cc2)cc1. The minimum Gasteiger partial charge on any atom is -0.0587 e. The van der Waals surface area contributed by atoms with Gasteiger partial charge in [-0.15, -0.1) is 0 Å². The fraction of sp³-hybridized carbons (Fsp3) is 0.480. The fourth-order valence-electron chi connectivity index (χ4n) is 3.40. The first-order valence-corrected chi connectivity index (χ1v) is 12.5. The van der Waals surface area contributed by atoms with Gasteiger partial charge in [-0.25, -0.2) is 0 Å². The molecule has 0 aliphatic carbocycles. The molecule has 0 bridgehead atoms. The van der Waals surface area contributed by atoms with Crippen LogP contribution in [0.2, 0.25) is 5.32 Å². The first kappa shape index (κ1) is 21.7. The Morgan fingerprint density at radius 1 is 0.667 bits per heavy atom. The van der Waals surface area contributed by atoms with Gasteiger partial charge in [-0.1, -0.05) is 54.1 Å². The molecule has 2 aromatic rings. The van der Waals surface area contributed by atoms with Crippen molar-refractivity contribution in [3.05, 3.63) is 59.7 Å². The van der Waals surface area contributed by atoms with Crippen LogP contribution in [0, 0.1) is 17.2 Å². The van der Waals surface area contributed by atoms with Crippen molar-refractivity contribution in [2.45, 2.75) is 76.5 Å². The fourth-order valence-corrected chi connectivity index (χ4v) is 4.32. The van der Waals surface area contributed by atoms with Crippen molar-refractivity contribution < 1.29 is 0 Å². The van der Waals surface area contributed by atoms with E-state index >= 15 is 0 Å². The van der Waals surface area contributed by atoms with E-state index in [4.69, 9.17) is 5.26 Å². The summed E-state index contributed by atoms with van der Waals surface area (Å²) in [5.74, 6) is 0. The van der Waals surface area contributed by atoms with Crippen LogP contribution in [0.25, 0.3) is 11.1 Å². The number of benzene rings is 2. The maximum Gasteiger partial charge on any atom is -0.0541 e.